The van der Waals surface area contributed by atoms with E-state index in [-0.39, 0.29) is 12.5 Å². The first-order chi connectivity index (χ1) is 14.6. The smallest absolute Gasteiger partial charge is 0.319 e. The Morgan fingerprint density at radius 1 is 1.00 bits per heavy atom. The SMILES string of the molecule is CC(C)CC1(c2ccccc2)NC(=O)N(CN(Cc2ccccc2)CC(F)(F)F)C1=O. The third-order valence-electron chi connectivity index (χ3n) is 5.15. The van der Waals surface area contributed by atoms with Crippen LogP contribution in [-0.4, -0.2) is 41.1 Å². The molecule has 166 valence electrons. The summed E-state index contributed by atoms with van der Waals surface area (Å²) in [5, 5.41) is 2.78. The van der Waals surface area contributed by atoms with E-state index in [9.17, 15) is 22.8 Å². The van der Waals surface area contributed by atoms with Crippen LogP contribution < -0.4 is 5.32 Å². The number of carbonyl (C=O) groups is 2. The van der Waals surface area contributed by atoms with Crippen molar-refractivity contribution in [2.24, 2.45) is 5.92 Å². The van der Waals surface area contributed by atoms with E-state index in [0.717, 1.165) is 9.80 Å². The summed E-state index contributed by atoms with van der Waals surface area (Å²) in [4.78, 5) is 28.2. The molecule has 1 fully saturated rings. The van der Waals surface area contributed by atoms with Gasteiger partial charge in [-0.2, -0.15) is 13.2 Å². The monoisotopic (exact) mass is 433 g/mol. The lowest BCUT2D eigenvalue weighted by Crippen LogP contribution is -2.47. The average Bonchev–Trinajstić information content (AvgIpc) is 2.92. The first-order valence-electron chi connectivity index (χ1n) is 10.1. The lowest BCUT2D eigenvalue weighted by molar-refractivity contribution is -0.154. The predicted octanol–water partition coefficient (Wildman–Crippen LogP) is 4.50. The molecule has 1 heterocycles. The second-order valence-corrected chi connectivity index (χ2v) is 8.26. The van der Waals surface area contributed by atoms with E-state index in [4.69, 9.17) is 0 Å². The molecule has 5 nitrogen and oxygen atoms in total. The van der Waals surface area contributed by atoms with Gasteiger partial charge < -0.3 is 5.32 Å². The van der Waals surface area contributed by atoms with Gasteiger partial charge in [0.25, 0.3) is 5.91 Å². The van der Waals surface area contributed by atoms with Crippen molar-refractivity contribution in [2.75, 3.05) is 13.2 Å². The van der Waals surface area contributed by atoms with Crippen LogP contribution in [0.2, 0.25) is 0 Å². The van der Waals surface area contributed by atoms with Crippen LogP contribution in [0.15, 0.2) is 60.7 Å². The van der Waals surface area contributed by atoms with E-state index in [1.54, 1.807) is 60.7 Å². The van der Waals surface area contributed by atoms with Gasteiger partial charge in [-0.1, -0.05) is 74.5 Å². The standard InChI is InChI=1S/C23H26F3N3O2/c1-17(2)13-22(19-11-7-4-8-12-19)20(30)29(21(31)27-22)16-28(15-23(24,25)26)14-18-9-5-3-6-10-18/h3-12,17H,13-16H2,1-2H3,(H,27,31). The number of carbonyl (C=O) groups excluding carboxylic acids is 2. The van der Waals surface area contributed by atoms with Gasteiger partial charge in [0.2, 0.25) is 0 Å². The summed E-state index contributed by atoms with van der Waals surface area (Å²) in [5.74, 6) is -0.461. The van der Waals surface area contributed by atoms with Crippen LogP contribution in [0.25, 0.3) is 0 Å². The Bertz CT molecular complexity index is 903. The van der Waals surface area contributed by atoms with Crippen molar-refractivity contribution in [2.45, 2.75) is 38.5 Å². The second-order valence-electron chi connectivity index (χ2n) is 8.26. The van der Waals surface area contributed by atoms with Gasteiger partial charge in [-0.15, -0.1) is 0 Å². The number of alkyl halides is 3. The van der Waals surface area contributed by atoms with Crippen molar-refractivity contribution in [1.82, 2.24) is 15.1 Å². The lowest BCUT2D eigenvalue weighted by atomic mass is 9.82. The molecule has 0 aliphatic carbocycles. The fourth-order valence-corrected chi connectivity index (χ4v) is 3.99. The third kappa shape index (κ3) is 5.44. The van der Waals surface area contributed by atoms with Crippen molar-refractivity contribution in [3.63, 3.8) is 0 Å². The van der Waals surface area contributed by atoms with E-state index in [0.29, 0.717) is 17.5 Å². The Balaban J connectivity index is 1.89. The molecule has 3 amide bonds. The van der Waals surface area contributed by atoms with Crippen molar-refractivity contribution in [3.8, 4) is 0 Å². The second kappa shape index (κ2) is 9.09. The maximum Gasteiger partial charge on any atom is 0.401 e. The number of imide groups is 1. The Kier molecular flexibility index (Phi) is 6.69. The van der Waals surface area contributed by atoms with Gasteiger partial charge in [-0.3, -0.25) is 9.69 Å². The normalized spacial score (nSPS) is 19.4. The molecular weight excluding hydrogens is 407 g/mol. The van der Waals surface area contributed by atoms with Crippen molar-refractivity contribution >= 4 is 11.9 Å². The number of nitrogens with one attached hydrogen (secondary N) is 1. The van der Waals surface area contributed by atoms with Crippen molar-refractivity contribution in [1.29, 1.82) is 0 Å². The number of rotatable bonds is 8. The fraction of sp³-hybridized carbons (Fsp3) is 0.391. The first kappa shape index (κ1) is 22.8. The Morgan fingerprint density at radius 3 is 2.13 bits per heavy atom. The molecule has 0 saturated carbocycles. The molecule has 8 heteroatoms. The zero-order chi connectivity index (χ0) is 22.6. The average molecular weight is 433 g/mol. The zero-order valence-electron chi connectivity index (χ0n) is 17.5. The summed E-state index contributed by atoms with van der Waals surface area (Å²) in [6.07, 6.45) is -4.13. The summed E-state index contributed by atoms with van der Waals surface area (Å²) in [6.45, 7) is 2.13. The van der Waals surface area contributed by atoms with Gasteiger partial charge in [0.15, 0.2) is 0 Å². The minimum Gasteiger partial charge on any atom is -0.319 e. The third-order valence-corrected chi connectivity index (χ3v) is 5.15. The van der Waals surface area contributed by atoms with Crippen molar-refractivity contribution < 1.29 is 22.8 Å². The molecule has 0 aromatic heterocycles. The minimum absolute atomic E-state index is 0.0417. The summed E-state index contributed by atoms with van der Waals surface area (Å²) in [7, 11) is 0. The highest BCUT2D eigenvalue weighted by Gasteiger charge is 2.53. The van der Waals surface area contributed by atoms with Gasteiger partial charge >= 0.3 is 12.2 Å². The molecule has 0 bridgehead atoms. The van der Waals surface area contributed by atoms with Crippen LogP contribution in [0.3, 0.4) is 0 Å². The van der Waals surface area contributed by atoms with Gasteiger partial charge in [-0.05, 0) is 23.5 Å². The Labute approximate surface area is 179 Å². The van der Waals surface area contributed by atoms with Crippen LogP contribution in [0.4, 0.5) is 18.0 Å². The molecule has 1 N–H and O–H groups in total. The van der Waals surface area contributed by atoms with Gasteiger partial charge in [0.1, 0.15) is 5.54 Å². The minimum atomic E-state index is -4.47. The maximum absolute atomic E-state index is 13.5. The number of benzene rings is 2. The zero-order valence-corrected chi connectivity index (χ0v) is 17.5. The number of nitrogens with zero attached hydrogens (tertiary/aromatic N) is 2. The predicted molar refractivity (Wildman–Crippen MR) is 111 cm³/mol. The highest BCUT2D eigenvalue weighted by atomic mass is 19.4. The number of halogens is 3. The highest BCUT2D eigenvalue weighted by molar-refractivity contribution is 6.07. The first-order valence-corrected chi connectivity index (χ1v) is 10.1. The van der Waals surface area contributed by atoms with Crippen molar-refractivity contribution in [3.05, 3.63) is 71.8 Å². The molecule has 1 unspecified atom stereocenters. The molecule has 1 saturated heterocycles. The number of hydrogen-bond donors (Lipinski definition) is 1. The number of amides is 3. The number of urea groups is 1. The molecule has 3 rings (SSSR count). The molecule has 1 atom stereocenters. The van der Waals surface area contributed by atoms with E-state index in [1.165, 1.54) is 0 Å². The van der Waals surface area contributed by atoms with E-state index in [2.05, 4.69) is 5.32 Å². The highest BCUT2D eigenvalue weighted by Crippen LogP contribution is 2.35. The summed E-state index contributed by atoms with van der Waals surface area (Å²) >= 11 is 0. The Morgan fingerprint density at radius 2 is 1.58 bits per heavy atom. The van der Waals surface area contributed by atoms with Crippen LogP contribution in [0.1, 0.15) is 31.4 Å². The number of hydrogen-bond acceptors (Lipinski definition) is 3. The fourth-order valence-electron chi connectivity index (χ4n) is 3.99. The molecule has 0 radical (unpaired) electrons. The lowest BCUT2D eigenvalue weighted by Gasteiger charge is -2.30. The van der Waals surface area contributed by atoms with E-state index >= 15 is 0 Å². The molecular formula is C23H26F3N3O2. The van der Waals surface area contributed by atoms with Gasteiger partial charge in [0, 0.05) is 6.54 Å². The van der Waals surface area contributed by atoms with Crippen LogP contribution in [0, 0.1) is 5.92 Å². The van der Waals surface area contributed by atoms with Crippen LogP contribution in [0.5, 0.6) is 0 Å². The molecule has 0 spiro atoms. The van der Waals surface area contributed by atoms with Gasteiger partial charge in [-0.25, -0.2) is 9.69 Å². The molecule has 2 aromatic rings. The van der Waals surface area contributed by atoms with Crippen LogP contribution in [-0.2, 0) is 16.9 Å². The molecule has 2 aromatic carbocycles. The largest absolute Gasteiger partial charge is 0.401 e. The molecule has 1 aliphatic rings. The van der Waals surface area contributed by atoms with E-state index in [1.807, 2.05) is 13.8 Å². The summed E-state index contributed by atoms with van der Waals surface area (Å²) in [5.41, 5.74) is -0.00586. The van der Waals surface area contributed by atoms with Gasteiger partial charge in [0.05, 0.1) is 13.2 Å². The quantitative estimate of drug-likeness (QED) is 0.624. The summed E-state index contributed by atoms with van der Waals surface area (Å²) < 4.78 is 39.7. The topological polar surface area (TPSA) is 52.7 Å². The van der Waals surface area contributed by atoms with E-state index < -0.39 is 36.9 Å². The van der Waals surface area contributed by atoms with Crippen LogP contribution >= 0.6 is 0 Å². The molecule has 31 heavy (non-hydrogen) atoms. The Hall–Kier alpha value is -2.87. The summed E-state index contributed by atoms with van der Waals surface area (Å²) in [6, 6.07) is 16.8. The molecule has 1 aliphatic heterocycles. The maximum atomic E-state index is 13.5.